The van der Waals surface area contributed by atoms with Gasteiger partial charge in [-0.1, -0.05) is 5.16 Å². The van der Waals surface area contributed by atoms with Crippen molar-refractivity contribution in [3.63, 3.8) is 0 Å². The maximum atomic E-state index is 10.6. The summed E-state index contributed by atoms with van der Waals surface area (Å²) in [5.41, 5.74) is -0.125. The number of furan rings is 1. The van der Waals surface area contributed by atoms with Gasteiger partial charge in [-0.2, -0.15) is 0 Å². The summed E-state index contributed by atoms with van der Waals surface area (Å²) in [4.78, 5) is 8.90. The number of hydrogen-bond acceptors (Lipinski definition) is 6. The molecule has 0 radical (unpaired) electrons. The molecule has 0 bridgehead atoms. The van der Waals surface area contributed by atoms with Crippen molar-refractivity contribution in [2.75, 3.05) is 39.8 Å². The Bertz CT molecular complexity index is 721. The Kier molecular flexibility index (Phi) is 7.68. The molecule has 0 saturated carbocycles. The predicted molar refractivity (Wildman–Crippen MR) is 113 cm³/mol. The van der Waals surface area contributed by atoms with E-state index < -0.39 is 5.60 Å². The van der Waals surface area contributed by atoms with E-state index in [1.807, 2.05) is 13.0 Å². The van der Waals surface area contributed by atoms with Gasteiger partial charge in [0, 0.05) is 45.8 Å². The lowest BCUT2D eigenvalue weighted by Crippen LogP contribution is -2.53. The summed E-state index contributed by atoms with van der Waals surface area (Å²) in [6, 6.07) is 5.52. The summed E-state index contributed by atoms with van der Waals surface area (Å²) >= 11 is 0. The van der Waals surface area contributed by atoms with E-state index in [-0.39, 0.29) is 24.0 Å². The smallest absolute Gasteiger partial charge is 0.193 e. The van der Waals surface area contributed by atoms with Crippen molar-refractivity contribution in [1.82, 2.24) is 20.3 Å². The molecule has 27 heavy (non-hydrogen) atoms. The Hall–Kier alpha value is -1.59. The van der Waals surface area contributed by atoms with Crippen LogP contribution in [0, 0.1) is 6.92 Å². The lowest BCUT2D eigenvalue weighted by molar-refractivity contribution is 0.0376. The molecule has 9 heteroatoms. The molecule has 0 amide bonds. The number of guanidine groups is 1. The van der Waals surface area contributed by atoms with Crippen molar-refractivity contribution in [1.29, 1.82) is 0 Å². The lowest BCUT2D eigenvalue weighted by Gasteiger charge is -2.36. The van der Waals surface area contributed by atoms with E-state index in [2.05, 4.69) is 25.3 Å². The molecule has 3 heterocycles. The molecule has 0 aliphatic carbocycles. The summed E-state index contributed by atoms with van der Waals surface area (Å²) in [6.07, 6.45) is 1.56. The fourth-order valence-corrected chi connectivity index (χ4v) is 3.09. The highest BCUT2D eigenvalue weighted by atomic mass is 127. The van der Waals surface area contributed by atoms with Crippen LogP contribution < -0.4 is 5.32 Å². The maximum Gasteiger partial charge on any atom is 0.193 e. The second kappa shape index (κ2) is 9.56. The third-order valence-electron chi connectivity index (χ3n) is 4.59. The van der Waals surface area contributed by atoms with Gasteiger partial charge in [-0.3, -0.25) is 9.89 Å². The molecule has 0 aromatic carbocycles. The first kappa shape index (κ1) is 21.7. The van der Waals surface area contributed by atoms with Crippen LogP contribution >= 0.6 is 24.0 Å². The molecule has 2 N–H and O–H groups in total. The Morgan fingerprint density at radius 1 is 1.37 bits per heavy atom. The van der Waals surface area contributed by atoms with Gasteiger partial charge in [0.25, 0.3) is 0 Å². The molecule has 0 spiro atoms. The molecule has 8 nitrogen and oxygen atoms in total. The average molecular weight is 489 g/mol. The highest BCUT2D eigenvalue weighted by molar-refractivity contribution is 14.0. The summed E-state index contributed by atoms with van der Waals surface area (Å²) in [5, 5.41) is 17.9. The van der Waals surface area contributed by atoms with Gasteiger partial charge in [-0.15, -0.1) is 24.0 Å². The van der Waals surface area contributed by atoms with Gasteiger partial charge in [0.15, 0.2) is 5.96 Å². The normalized spacial score (nSPS) is 18.1. The predicted octanol–water partition coefficient (Wildman–Crippen LogP) is 1.79. The van der Waals surface area contributed by atoms with E-state index in [1.54, 1.807) is 32.4 Å². The van der Waals surface area contributed by atoms with Crippen LogP contribution in [0.5, 0.6) is 0 Å². The van der Waals surface area contributed by atoms with Gasteiger partial charge in [0.05, 0.1) is 18.5 Å². The molecular weight excluding hydrogens is 461 g/mol. The average Bonchev–Trinajstić information content (AvgIpc) is 3.29. The van der Waals surface area contributed by atoms with Crippen LogP contribution in [0.3, 0.4) is 0 Å². The van der Waals surface area contributed by atoms with Crippen LogP contribution in [-0.4, -0.2) is 65.8 Å². The Morgan fingerprint density at radius 2 is 2.11 bits per heavy atom. The zero-order valence-corrected chi connectivity index (χ0v) is 18.3. The van der Waals surface area contributed by atoms with Gasteiger partial charge in [0.1, 0.15) is 17.1 Å². The molecule has 1 atom stereocenters. The highest BCUT2D eigenvalue weighted by Crippen LogP contribution is 2.20. The third-order valence-corrected chi connectivity index (χ3v) is 4.59. The first-order valence-electron chi connectivity index (χ1n) is 8.84. The number of nitrogens with one attached hydrogen (secondary N) is 1. The van der Waals surface area contributed by atoms with Crippen molar-refractivity contribution >= 4 is 29.9 Å². The Balaban J connectivity index is 0.00000261. The van der Waals surface area contributed by atoms with Gasteiger partial charge in [-0.25, -0.2) is 0 Å². The second-order valence-electron chi connectivity index (χ2n) is 6.84. The fraction of sp³-hybridized carbons (Fsp3) is 0.556. The maximum absolute atomic E-state index is 10.6. The van der Waals surface area contributed by atoms with E-state index in [9.17, 15) is 5.11 Å². The number of hydrogen-bond donors (Lipinski definition) is 2. The molecule has 3 rings (SSSR count). The van der Waals surface area contributed by atoms with E-state index in [4.69, 9.17) is 8.94 Å². The first-order chi connectivity index (χ1) is 12.5. The van der Waals surface area contributed by atoms with Crippen molar-refractivity contribution in [3.05, 3.63) is 41.7 Å². The van der Waals surface area contributed by atoms with Gasteiger partial charge < -0.3 is 24.3 Å². The van der Waals surface area contributed by atoms with Crippen LogP contribution in [0.25, 0.3) is 0 Å². The van der Waals surface area contributed by atoms with Crippen molar-refractivity contribution < 1.29 is 14.0 Å². The molecule has 1 saturated heterocycles. The fourth-order valence-electron chi connectivity index (χ4n) is 3.09. The third kappa shape index (κ3) is 5.69. The largest absolute Gasteiger partial charge is 0.466 e. The minimum Gasteiger partial charge on any atom is -0.466 e. The zero-order chi connectivity index (χ0) is 18.6. The van der Waals surface area contributed by atoms with E-state index >= 15 is 0 Å². The summed E-state index contributed by atoms with van der Waals surface area (Å²) in [5.74, 6) is 2.16. The number of aromatic nitrogens is 1. The molecular formula is C18H28IN5O3. The first-order valence-corrected chi connectivity index (χ1v) is 8.84. The molecule has 2 aromatic heterocycles. The van der Waals surface area contributed by atoms with Gasteiger partial charge in [0.2, 0.25) is 0 Å². The second-order valence-corrected chi connectivity index (χ2v) is 6.84. The van der Waals surface area contributed by atoms with Crippen molar-refractivity contribution in [2.45, 2.75) is 26.0 Å². The number of aryl methyl sites for hydroxylation is 1. The molecule has 2 aromatic rings. The molecule has 1 unspecified atom stereocenters. The topological polar surface area (TPSA) is 90.3 Å². The zero-order valence-electron chi connectivity index (χ0n) is 16.0. The van der Waals surface area contributed by atoms with Crippen LogP contribution in [0.4, 0.5) is 0 Å². The van der Waals surface area contributed by atoms with Crippen LogP contribution in [0.15, 0.2) is 38.4 Å². The van der Waals surface area contributed by atoms with Crippen LogP contribution in [-0.2, 0) is 12.1 Å². The molecule has 1 aliphatic rings. The highest BCUT2D eigenvalue weighted by Gasteiger charge is 2.28. The SMILES string of the molecule is CN=C(NCC(C)(O)c1ccco1)N1CCN(Cc2cc(C)on2)CC1.I. The van der Waals surface area contributed by atoms with E-state index in [0.29, 0.717) is 12.3 Å². The molecule has 1 fully saturated rings. The molecule has 1 aliphatic heterocycles. The lowest BCUT2D eigenvalue weighted by atomic mass is 10.0. The standard InChI is InChI=1S/C18H27N5O3.HI/c1-14-11-15(21-26-14)12-22-6-8-23(9-7-22)17(19-3)20-13-18(2,24)16-5-4-10-25-16;/h4-5,10-11,24H,6-9,12-13H2,1-3H3,(H,19,20);1H. The number of piperazine rings is 1. The number of aliphatic imine (C=N–C) groups is 1. The number of aliphatic hydroxyl groups is 1. The monoisotopic (exact) mass is 489 g/mol. The van der Waals surface area contributed by atoms with Crippen LogP contribution in [0.1, 0.15) is 24.1 Å². The summed E-state index contributed by atoms with van der Waals surface area (Å²) < 4.78 is 10.4. The minimum absolute atomic E-state index is 0. The summed E-state index contributed by atoms with van der Waals surface area (Å²) in [6.45, 7) is 8.31. The van der Waals surface area contributed by atoms with Gasteiger partial charge >= 0.3 is 0 Å². The van der Waals surface area contributed by atoms with Gasteiger partial charge in [-0.05, 0) is 26.0 Å². The Morgan fingerprint density at radius 3 is 2.67 bits per heavy atom. The van der Waals surface area contributed by atoms with Crippen molar-refractivity contribution in [2.24, 2.45) is 4.99 Å². The van der Waals surface area contributed by atoms with Crippen molar-refractivity contribution in [3.8, 4) is 0 Å². The minimum atomic E-state index is -1.09. The van der Waals surface area contributed by atoms with E-state index in [1.165, 1.54) is 0 Å². The van der Waals surface area contributed by atoms with E-state index in [0.717, 1.165) is 50.1 Å². The summed E-state index contributed by atoms with van der Waals surface area (Å²) in [7, 11) is 1.76. The van der Waals surface area contributed by atoms with Crippen LogP contribution in [0.2, 0.25) is 0 Å². The number of nitrogens with zero attached hydrogens (tertiary/aromatic N) is 4. The number of rotatable bonds is 5. The molecule has 150 valence electrons. The quantitative estimate of drug-likeness (QED) is 0.376. The number of halogens is 1. The Labute approximate surface area is 176 Å².